The maximum Gasteiger partial charge on any atom is 0.317 e. The van der Waals surface area contributed by atoms with Gasteiger partial charge in [-0.05, 0) is 26.0 Å². The van der Waals surface area contributed by atoms with Crippen LogP contribution in [-0.2, 0) is 6.54 Å². The number of nitrogens with zero attached hydrogens (tertiary/aromatic N) is 2. The van der Waals surface area contributed by atoms with E-state index in [4.69, 9.17) is 20.8 Å². The molecule has 128 valence electrons. The first-order chi connectivity index (χ1) is 11.5. The first-order valence-corrected chi connectivity index (χ1v) is 8.27. The maximum atomic E-state index is 12.2. The van der Waals surface area contributed by atoms with Crippen LogP contribution in [0.3, 0.4) is 0 Å². The molecule has 0 radical (unpaired) electrons. The molecule has 1 aromatic carbocycles. The second-order valence-corrected chi connectivity index (χ2v) is 6.22. The number of carbonyl (C=O) groups excluding carboxylic acids is 1. The van der Waals surface area contributed by atoms with Crippen LogP contribution in [0, 0.1) is 13.8 Å². The van der Waals surface area contributed by atoms with Crippen LogP contribution in [0.4, 0.5) is 4.79 Å². The molecule has 1 aliphatic rings. The van der Waals surface area contributed by atoms with E-state index in [0.29, 0.717) is 29.8 Å². The molecule has 1 fully saturated rings. The molecule has 1 saturated heterocycles. The van der Waals surface area contributed by atoms with E-state index in [1.54, 1.807) is 11.0 Å². The van der Waals surface area contributed by atoms with Crippen LogP contribution < -0.4 is 10.1 Å². The predicted octanol–water partition coefficient (Wildman–Crippen LogP) is 3.31. The summed E-state index contributed by atoms with van der Waals surface area (Å²) in [6.45, 7) is 5.18. The summed E-state index contributed by atoms with van der Waals surface area (Å²) in [6.07, 6.45) is 0.720. The molecule has 2 amide bonds. The Labute approximate surface area is 145 Å². The number of carbonyl (C=O) groups is 1. The number of rotatable bonds is 4. The number of urea groups is 1. The summed E-state index contributed by atoms with van der Waals surface area (Å²) >= 11 is 6.10. The van der Waals surface area contributed by atoms with Crippen molar-refractivity contribution < 1.29 is 13.9 Å². The lowest BCUT2D eigenvalue weighted by Gasteiger charge is -2.18. The van der Waals surface area contributed by atoms with Crippen LogP contribution in [0.25, 0.3) is 0 Å². The summed E-state index contributed by atoms with van der Waals surface area (Å²) in [4.78, 5) is 18.2. The van der Waals surface area contributed by atoms with Crippen LogP contribution >= 0.6 is 11.6 Å². The molecule has 24 heavy (non-hydrogen) atoms. The standard InChI is InChI=1S/C17H20ClN3O3/c1-11-12(2)23-16(20-11)9-19-17(22)21-8-7-13(10-21)24-15-6-4-3-5-14(15)18/h3-6,13H,7-10H2,1-2H3,(H,19,22)/t13-/m0/s1. The van der Waals surface area contributed by atoms with Gasteiger partial charge in [0.25, 0.3) is 0 Å². The van der Waals surface area contributed by atoms with E-state index in [9.17, 15) is 4.79 Å². The van der Waals surface area contributed by atoms with Crippen molar-refractivity contribution >= 4 is 17.6 Å². The van der Waals surface area contributed by atoms with Crippen molar-refractivity contribution in [1.82, 2.24) is 15.2 Å². The van der Waals surface area contributed by atoms with Crippen LogP contribution in [-0.4, -0.2) is 35.1 Å². The third kappa shape index (κ3) is 3.82. The number of amides is 2. The molecule has 2 heterocycles. The monoisotopic (exact) mass is 349 g/mol. The molecular formula is C17H20ClN3O3. The Bertz CT molecular complexity index is 712. The van der Waals surface area contributed by atoms with Gasteiger partial charge >= 0.3 is 6.03 Å². The Morgan fingerprint density at radius 2 is 2.25 bits per heavy atom. The van der Waals surface area contributed by atoms with Crippen molar-refractivity contribution in [3.63, 3.8) is 0 Å². The number of halogens is 1. The van der Waals surface area contributed by atoms with Gasteiger partial charge in [0, 0.05) is 13.0 Å². The summed E-state index contributed by atoms with van der Waals surface area (Å²) in [6, 6.07) is 7.21. The smallest absolute Gasteiger partial charge is 0.317 e. The van der Waals surface area contributed by atoms with Gasteiger partial charge in [0.2, 0.25) is 5.89 Å². The normalized spacial score (nSPS) is 17.1. The SMILES string of the molecule is Cc1nc(CNC(=O)N2CC[C@H](Oc3ccccc3Cl)C2)oc1C. The van der Waals surface area contributed by atoms with E-state index in [1.807, 2.05) is 32.0 Å². The second kappa shape index (κ2) is 7.13. The minimum Gasteiger partial charge on any atom is -0.487 e. The zero-order valence-electron chi connectivity index (χ0n) is 13.7. The van der Waals surface area contributed by atoms with Gasteiger partial charge in [-0.2, -0.15) is 0 Å². The topological polar surface area (TPSA) is 67.6 Å². The van der Waals surface area contributed by atoms with Crippen molar-refractivity contribution in [2.75, 3.05) is 13.1 Å². The van der Waals surface area contributed by atoms with Gasteiger partial charge in [0.15, 0.2) is 0 Å². The number of likely N-dealkylation sites (tertiary alicyclic amines) is 1. The molecule has 6 nitrogen and oxygen atoms in total. The number of aryl methyl sites for hydroxylation is 2. The lowest BCUT2D eigenvalue weighted by Crippen LogP contribution is -2.39. The highest BCUT2D eigenvalue weighted by Crippen LogP contribution is 2.26. The van der Waals surface area contributed by atoms with Crippen molar-refractivity contribution in [2.24, 2.45) is 0 Å². The zero-order chi connectivity index (χ0) is 17.1. The van der Waals surface area contributed by atoms with E-state index < -0.39 is 0 Å². The number of oxazole rings is 1. The Balaban J connectivity index is 1.49. The molecule has 0 spiro atoms. The predicted molar refractivity (Wildman–Crippen MR) is 90.3 cm³/mol. The Hall–Kier alpha value is -2.21. The molecule has 1 atom stereocenters. The third-order valence-corrected chi connectivity index (χ3v) is 4.34. The van der Waals surface area contributed by atoms with E-state index in [2.05, 4.69) is 10.3 Å². The van der Waals surface area contributed by atoms with Gasteiger partial charge in [0.05, 0.1) is 23.8 Å². The molecule has 7 heteroatoms. The van der Waals surface area contributed by atoms with E-state index >= 15 is 0 Å². The maximum absolute atomic E-state index is 12.2. The van der Waals surface area contributed by atoms with Crippen LogP contribution in [0.1, 0.15) is 23.8 Å². The summed E-state index contributed by atoms with van der Waals surface area (Å²) in [7, 11) is 0. The molecule has 0 saturated carbocycles. The van der Waals surface area contributed by atoms with Gasteiger partial charge in [-0.1, -0.05) is 23.7 Å². The molecule has 1 aromatic heterocycles. The third-order valence-electron chi connectivity index (χ3n) is 4.03. The van der Waals surface area contributed by atoms with Gasteiger partial charge in [-0.15, -0.1) is 0 Å². The summed E-state index contributed by atoms with van der Waals surface area (Å²) in [5.74, 6) is 1.94. The molecule has 3 rings (SSSR count). The Kier molecular flexibility index (Phi) is 4.94. The van der Waals surface area contributed by atoms with Crippen LogP contribution in [0.5, 0.6) is 5.75 Å². The van der Waals surface area contributed by atoms with Gasteiger partial charge in [-0.25, -0.2) is 9.78 Å². The van der Waals surface area contributed by atoms with E-state index in [0.717, 1.165) is 17.9 Å². The van der Waals surface area contributed by atoms with E-state index in [1.165, 1.54) is 0 Å². The Morgan fingerprint density at radius 3 is 2.96 bits per heavy atom. The lowest BCUT2D eigenvalue weighted by atomic mass is 10.3. The average Bonchev–Trinajstić information content (AvgIpc) is 3.15. The van der Waals surface area contributed by atoms with Crippen molar-refractivity contribution in [1.29, 1.82) is 0 Å². The molecule has 0 bridgehead atoms. The van der Waals surface area contributed by atoms with Crippen molar-refractivity contribution in [3.8, 4) is 5.75 Å². The highest BCUT2D eigenvalue weighted by molar-refractivity contribution is 6.32. The quantitative estimate of drug-likeness (QED) is 0.919. The van der Waals surface area contributed by atoms with Crippen LogP contribution in [0.2, 0.25) is 5.02 Å². The minimum atomic E-state index is -0.145. The molecule has 2 aromatic rings. The zero-order valence-corrected chi connectivity index (χ0v) is 14.5. The number of nitrogens with one attached hydrogen (secondary N) is 1. The molecule has 0 unspecified atom stereocenters. The van der Waals surface area contributed by atoms with Crippen molar-refractivity contribution in [3.05, 3.63) is 46.6 Å². The largest absolute Gasteiger partial charge is 0.487 e. The van der Waals surface area contributed by atoms with Gasteiger partial charge in [-0.3, -0.25) is 0 Å². The van der Waals surface area contributed by atoms with Crippen LogP contribution in [0.15, 0.2) is 28.7 Å². The summed E-state index contributed by atoms with van der Waals surface area (Å²) < 4.78 is 11.3. The number of hydrogen-bond donors (Lipinski definition) is 1. The lowest BCUT2D eigenvalue weighted by molar-refractivity contribution is 0.186. The highest BCUT2D eigenvalue weighted by atomic mass is 35.5. The highest BCUT2D eigenvalue weighted by Gasteiger charge is 2.28. The molecule has 0 aliphatic carbocycles. The first kappa shape index (κ1) is 16.6. The van der Waals surface area contributed by atoms with Gasteiger partial charge < -0.3 is 19.4 Å². The molecular weight excluding hydrogens is 330 g/mol. The Morgan fingerprint density at radius 1 is 1.46 bits per heavy atom. The molecule has 1 N–H and O–H groups in total. The fourth-order valence-electron chi connectivity index (χ4n) is 2.61. The number of para-hydroxylation sites is 1. The van der Waals surface area contributed by atoms with Gasteiger partial charge in [0.1, 0.15) is 17.6 Å². The number of aromatic nitrogens is 1. The number of hydrogen-bond acceptors (Lipinski definition) is 4. The summed E-state index contributed by atoms with van der Waals surface area (Å²) in [5, 5.41) is 3.41. The second-order valence-electron chi connectivity index (χ2n) is 5.81. The number of ether oxygens (including phenoxy) is 1. The fourth-order valence-corrected chi connectivity index (χ4v) is 2.79. The average molecular weight is 350 g/mol. The number of benzene rings is 1. The first-order valence-electron chi connectivity index (χ1n) is 7.90. The van der Waals surface area contributed by atoms with E-state index in [-0.39, 0.29) is 18.7 Å². The summed E-state index contributed by atoms with van der Waals surface area (Å²) in [5.41, 5.74) is 0.841. The fraction of sp³-hybridized carbons (Fsp3) is 0.412. The minimum absolute atomic E-state index is 0.0538. The van der Waals surface area contributed by atoms with Crippen molar-refractivity contribution in [2.45, 2.75) is 32.9 Å². The molecule has 1 aliphatic heterocycles.